The molecule has 1 aromatic heterocycles. The van der Waals surface area contributed by atoms with Crippen molar-refractivity contribution < 1.29 is 40.3 Å². The van der Waals surface area contributed by atoms with E-state index in [0.717, 1.165) is 11.3 Å². The highest BCUT2D eigenvalue weighted by Crippen LogP contribution is 2.37. The van der Waals surface area contributed by atoms with Gasteiger partial charge in [-0.1, -0.05) is 0 Å². The summed E-state index contributed by atoms with van der Waals surface area (Å²) in [4.78, 5) is 20.2. The van der Waals surface area contributed by atoms with Crippen molar-refractivity contribution in [2.75, 3.05) is 38.2 Å². The highest BCUT2D eigenvalue weighted by molar-refractivity contribution is 5.75. The van der Waals surface area contributed by atoms with Crippen LogP contribution >= 0.6 is 0 Å². The number of carbonyl (C=O) groups excluding carboxylic acids is 1. The average Bonchev–Trinajstić information content (AvgIpc) is 3.31. The third-order valence-electron chi connectivity index (χ3n) is 6.10. The van der Waals surface area contributed by atoms with Gasteiger partial charge in [0.1, 0.15) is 5.75 Å². The van der Waals surface area contributed by atoms with Gasteiger partial charge >= 0.3 is 18.4 Å². The lowest BCUT2D eigenvalue weighted by molar-refractivity contribution is -0.143. The number of nitrogens with one attached hydrogen (secondary N) is 1. The summed E-state index contributed by atoms with van der Waals surface area (Å²) in [5, 5.41) is 2.42. The number of nitrogens with zero attached hydrogens (tertiary/aromatic N) is 3. The molecule has 2 amide bonds. The Labute approximate surface area is 214 Å². The number of carbonyl (C=O) groups is 1. The summed E-state index contributed by atoms with van der Waals surface area (Å²) in [6.45, 7) is 2.77. The van der Waals surface area contributed by atoms with Crippen LogP contribution in [0.1, 0.15) is 22.6 Å². The second kappa shape index (κ2) is 10.5. The van der Waals surface area contributed by atoms with Crippen molar-refractivity contribution >= 4 is 11.7 Å². The van der Waals surface area contributed by atoms with Crippen LogP contribution in [0.2, 0.25) is 0 Å². The maximum Gasteiger partial charge on any atom is 0.416 e. The normalized spacial score (nSPS) is 14.5. The smallest absolute Gasteiger partial charge is 0.416 e. The molecule has 1 saturated heterocycles. The molecule has 2 aromatic carbocycles. The second-order valence-corrected chi connectivity index (χ2v) is 8.68. The molecule has 1 N–H and O–H groups in total. The molecular weight excluding hydrogens is 518 g/mol. The molecular formula is C25H24F6N4O3. The van der Waals surface area contributed by atoms with Crippen LogP contribution in [0.15, 0.2) is 47.0 Å². The first-order valence-electron chi connectivity index (χ1n) is 11.5. The first-order valence-corrected chi connectivity index (χ1v) is 11.5. The van der Waals surface area contributed by atoms with Crippen LogP contribution in [0.3, 0.4) is 0 Å². The van der Waals surface area contributed by atoms with E-state index in [0.29, 0.717) is 55.7 Å². The monoisotopic (exact) mass is 542 g/mol. The van der Waals surface area contributed by atoms with Gasteiger partial charge in [-0.25, -0.2) is 9.78 Å². The predicted octanol–water partition coefficient (Wildman–Crippen LogP) is 5.73. The van der Waals surface area contributed by atoms with Gasteiger partial charge in [-0.3, -0.25) is 0 Å². The summed E-state index contributed by atoms with van der Waals surface area (Å²) in [7, 11) is 1.54. The zero-order valence-corrected chi connectivity index (χ0v) is 20.4. The van der Waals surface area contributed by atoms with Crippen molar-refractivity contribution in [3.63, 3.8) is 0 Å². The molecule has 1 fully saturated rings. The number of anilines is 1. The van der Waals surface area contributed by atoms with Gasteiger partial charge in [0, 0.05) is 51.4 Å². The highest BCUT2D eigenvalue weighted by Gasteiger charge is 2.37. The van der Waals surface area contributed by atoms with E-state index in [9.17, 15) is 31.1 Å². The van der Waals surface area contributed by atoms with E-state index >= 15 is 0 Å². The number of halogens is 6. The molecule has 0 atom stereocenters. The molecule has 2 heterocycles. The number of urea groups is 1. The number of amides is 2. The summed E-state index contributed by atoms with van der Waals surface area (Å²) < 4.78 is 89.5. The zero-order valence-electron chi connectivity index (χ0n) is 20.4. The van der Waals surface area contributed by atoms with E-state index in [2.05, 4.69) is 10.3 Å². The molecule has 1 aliphatic heterocycles. The van der Waals surface area contributed by atoms with E-state index in [-0.39, 0.29) is 11.6 Å². The third kappa shape index (κ3) is 6.14. The average molecular weight is 542 g/mol. The zero-order chi connectivity index (χ0) is 27.7. The quantitative estimate of drug-likeness (QED) is 0.417. The van der Waals surface area contributed by atoms with Crippen LogP contribution in [0, 0.1) is 6.92 Å². The number of rotatable bonds is 5. The Morgan fingerprint density at radius 1 is 1.00 bits per heavy atom. The molecule has 0 bridgehead atoms. The molecule has 1 aliphatic rings. The molecule has 0 unspecified atom stereocenters. The molecule has 0 aliphatic carbocycles. The van der Waals surface area contributed by atoms with Crippen LogP contribution in [0.25, 0.3) is 11.3 Å². The van der Waals surface area contributed by atoms with Crippen molar-refractivity contribution in [2.24, 2.45) is 0 Å². The SMILES string of the molecule is COc1cc(N2CCN(C(=O)NCc3cc(C(F)(F)F)cc(C(F)(F)F)c3)CC2)ccc1-c1cnc(C)o1. The molecule has 38 heavy (non-hydrogen) atoms. The Hall–Kier alpha value is -3.90. The van der Waals surface area contributed by atoms with Crippen molar-refractivity contribution in [1.82, 2.24) is 15.2 Å². The van der Waals surface area contributed by atoms with Gasteiger partial charge in [0.05, 0.1) is 30.0 Å². The van der Waals surface area contributed by atoms with E-state index < -0.39 is 36.1 Å². The number of hydrogen-bond acceptors (Lipinski definition) is 5. The van der Waals surface area contributed by atoms with E-state index in [1.165, 1.54) is 12.0 Å². The second-order valence-electron chi connectivity index (χ2n) is 8.68. The van der Waals surface area contributed by atoms with Gasteiger partial charge in [0.25, 0.3) is 0 Å². The number of alkyl halides is 6. The third-order valence-corrected chi connectivity index (χ3v) is 6.10. The Kier molecular flexibility index (Phi) is 7.47. The number of aryl methyl sites for hydroxylation is 1. The fourth-order valence-corrected chi connectivity index (χ4v) is 4.14. The van der Waals surface area contributed by atoms with Crippen LogP contribution in [-0.4, -0.2) is 49.2 Å². The fraction of sp³-hybridized carbons (Fsp3) is 0.360. The molecule has 204 valence electrons. The standard InChI is InChI=1S/C25H24F6N4O3/c1-15-32-14-22(38-15)20-4-3-19(12-21(20)37-2)34-5-7-35(8-6-34)23(36)33-13-16-9-17(24(26,27)28)11-18(10-16)25(29,30)31/h3-4,9-12,14H,5-8,13H2,1-2H3,(H,33,36). The number of piperazine rings is 1. The number of aromatic nitrogens is 1. The molecule has 13 heteroatoms. The highest BCUT2D eigenvalue weighted by atomic mass is 19.4. The molecule has 0 saturated carbocycles. The fourth-order valence-electron chi connectivity index (χ4n) is 4.14. The number of methoxy groups -OCH3 is 1. The summed E-state index contributed by atoms with van der Waals surface area (Å²) in [5.41, 5.74) is -1.56. The first kappa shape index (κ1) is 27.1. The minimum absolute atomic E-state index is 0.0542. The van der Waals surface area contributed by atoms with Crippen LogP contribution < -0.4 is 15.0 Å². The maximum atomic E-state index is 13.1. The van der Waals surface area contributed by atoms with Crippen molar-refractivity contribution in [3.8, 4) is 17.1 Å². The summed E-state index contributed by atoms with van der Waals surface area (Å²) in [6.07, 6.45) is -8.30. The maximum absolute atomic E-state index is 13.1. The number of oxazole rings is 1. The van der Waals surface area contributed by atoms with Crippen LogP contribution in [0.4, 0.5) is 36.8 Å². The summed E-state index contributed by atoms with van der Waals surface area (Å²) in [6, 6.07) is 6.25. The Morgan fingerprint density at radius 2 is 1.63 bits per heavy atom. The number of benzene rings is 2. The number of ether oxygens (including phenoxy) is 1. The van der Waals surface area contributed by atoms with Crippen LogP contribution in [0.5, 0.6) is 5.75 Å². The van der Waals surface area contributed by atoms with Gasteiger partial charge in [-0.2, -0.15) is 26.3 Å². The Balaban J connectivity index is 1.38. The molecule has 0 radical (unpaired) electrons. The van der Waals surface area contributed by atoms with Crippen molar-refractivity contribution in [1.29, 1.82) is 0 Å². The lowest BCUT2D eigenvalue weighted by Gasteiger charge is -2.36. The molecule has 3 aromatic rings. The summed E-state index contributed by atoms with van der Waals surface area (Å²) >= 11 is 0. The largest absolute Gasteiger partial charge is 0.496 e. The van der Waals surface area contributed by atoms with E-state index in [1.54, 1.807) is 13.1 Å². The van der Waals surface area contributed by atoms with Crippen molar-refractivity contribution in [2.45, 2.75) is 25.8 Å². The van der Waals surface area contributed by atoms with Gasteiger partial charge in [0.2, 0.25) is 0 Å². The van der Waals surface area contributed by atoms with E-state index in [4.69, 9.17) is 9.15 Å². The lowest BCUT2D eigenvalue weighted by atomic mass is 10.0. The summed E-state index contributed by atoms with van der Waals surface area (Å²) in [5.74, 6) is 1.67. The van der Waals surface area contributed by atoms with E-state index in [1.807, 2.05) is 23.1 Å². The molecule has 7 nitrogen and oxygen atoms in total. The Bertz CT molecular complexity index is 1260. The predicted molar refractivity (Wildman–Crippen MR) is 126 cm³/mol. The molecule has 0 spiro atoms. The lowest BCUT2D eigenvalue weighted by Crippen LogP contribution is -2.51. The van der Waals surface area contributed by atoms with Crippen LogP contribution in [-0.2, 0) is 18.9 Å². The minimum Gasteiger partial charge on any atom is -0.496 e. The first-order chi connectivity index (χ1) is 17.8. The van der Waals surface area contributed by atoms with Gasteiger partial charge < -0.3 is 24.3 Å². The van der Waals surface area contributed by atoms with Gasteiger partial charge in [-0.15, -0.1) is 0 Å². The number of hydrogen-bond donors (Lipinski definition) is 1. The van der Waals surface area contributed by atoms with Crippen molar-refractivity contribution in [3.05, 3.63) is 65.2 Å². The molecule has 4 rings (SSSR count). The van der Waals surface area contributed by atoms with Gasteiger partial charge in [0.15, 0.2) is 11.7 Å². The topological polar surface area (TPSA) is 70.8 Å². The minimum atomic E-state index is -4.95. The van der Waals surface area contributed by atoms with Gasteiger partial charge in [-0.05, 0) is 35.9 Å². The Morgan fingerprint density at radius 3 is 2.16 bits per heavy atom.